The second-order valence-corrected chi connectivity index (χ2v) is 3.68. The Hall–Kier alpha value is -0.740. The fourth-order valence-electron chi connectivity index (χ4n) is 1.86. The predicted octanol–water partition coefficient (Wildman–Crippen LogP) is 1.37. The van der Waals surface area contributed by atoms with Gasteiger partial charge < -0.3 is 5.32 Å². The molecular formula is C10H14F2N2. The summed E-state index contributed by atoms with van der Waals surface area (Å²) in [5.74, 6) is -1.81. The number of alkyl halides is 1. The first-order chi connectivity index (χ1) is 6.71. The third-order valence-corrected chi connectivity index (χ3v) is 2.72. The van der Waals surface area contributed by atoms with Gasteiger partial charge >= 0.3 is 0 Å². The lowest BCUT2D eigenvalue weighted by Gasteiger charge is -2.38. The van der Waals surface area contributed by atoms with E-state index in [1.165, 1.54) is 18.2 Å². The zero-order chi connectivity index (χ0) is 10.0. The van der Waals surface area contributed by atoms with Crippen molar-refractivity contribution in [1.82, 2.24) is 10.2 Å². The molecule has 78 valence electrons. The van der Waals surface area contributed by atoms with Gasteiger partial charge in [-0.3, -0.25) is 4.90 Å². The molecule has 14 heavy (non-hydrogen) atoms. The first-order valence-electron chi connectivity index (χ1n) is 4.90. The quantitative estimate of drug-likeness (QED) is 0.643. The van der Waals surface area contributed by atoms with E-state index in [0.29, 0.717) is 13.1 Å². The molecule has 0 aromatic carbocycles. The van der Waals surface area contributed by atoms with E-state index in [0.717, 1.165) is 13.1 Å². The molecule has 0 amide bonds. The molecule has 0 aromatic rings. The van der Waals surface area contributed by atoms with Crippen LogP contribution in [0.1, 0.15) is 6.42 Å². The maximum atomic E-state index is 14.2. The Morgan fingerprint density at radius 3 is 2.64 bits per heavy atom. The molecule has 2 rings (SSSR count). The highest BCUT2D eigenvalue weighted by atomic mass is 19.1. The van der Waals surface area contributed by atoms with Crippen LogP contribution < -0.4 is 5.32 Å². The molecular weight excluding hydrogens is 186 g/mol. The number of rotatable bonds is 1. The van der Waals surface area contributed by atoms with Gasteiger partial charge in [-0.05, 0) is 18.2 Å². The molecule has 1 aliphatic carbocycles. The van der Waals surface area contributed by atoms with Crippen LogP contribution in [0.25, 0.3) is 0 Å². The van der Waals surface area contributed by atoms with Crippen molar-refractivity contribution in [2.75, 3.05) is 26.2 Å². The average molecular weight is 200 g/mol. The summed E-state index contributed by atoms with van der Waals surface area (Å²) in [6, 6.07) is 0. The lowest BCUT2D eigenvalue weighted by molar-refractivity contribution is 0.000972. The standard InChI is InChI=1S/C10H14F2N2/c11-9-1-3-10(12,4-2-9)14-7-5-13-6-8-14/h1-3,13H,4-8H2. The topological polar surface area (TPSA) is 15.3 Å². The smallest absolute Gasteiger partial charge is 0.186 e. The number of hydrogen-bond acceptors (Lipinski definition) is 2. The number of nitrogens with zero attached hydrogens (tertiary/aromatic N) is 1. The summed E-state index contributed by atoms with van der Waals surface area (Å²) < 4.78 is 26.9. The van der Waals surface area contributed by atoms with Gasteiger partial charge in [0.1, 0.15) is 5.83 Å². The van der Waals surface area contributed by atoms with Crippen molar-refractivity contribution in [3.8, 4) is 0 Å². The molecule has 1 heterocycles. The molecule has 4 heteroatoms. The molecule has 1 unspecified atom stereocenters. The molecule has 0 aromatic heterocycles. The molecule has 1 saturated heterocycles. The molecule has 0 bridgehead atoms. The highest BCUT2D eigenvalue weighted by Crippen LogP contribution is 2.29. The van der Waals surface area contributed by atoms with Crippen molar-refractivity contribution < 1.29 is 8.78 Å². The van der Waals surface area contributed by atoms with Crippen LogP contribution >= 0.6 is 0 Å². The Balaban J connectivity index is 2.05. The summed E-state index contributed by atoms with van der Waals surface area (Å²) in [7, 11) is 0. The van der Waals surface area contributed by atoms with Gasteiger partial charge in [-0.2, -0.15) is 0 Å². The van der Waals surface area contributed by atoms with Crippen LogP contribution in [0.5, 0.6) is 0 Å². The summed E-state index contributed by atoms with van der Waals surface area (Å²) in [6.07, 6.45) is 3.97. The Labute approximate surface area is 82.3 Å². The number of nitrogens with one attached hydrogen (secondary N) is 1. The highest BCUT2D eigenvalue weighted by molar-refractivity contribution is 5.22. The lowest BCUT2D eigenvalue weighted by atomic mass is 10.0. The minimum absolute atomic E-state index is 0.120. The maximum Gasteiger partial charge on any atom is 0.186 e. The minimum atomic E-state index is -1.47. The van der Waals surface area contributed by atoms with Crippen LogP contribution in [0, 0.1) is 0 Å². The van der Waals surface area contributed by atoms with Crippen LogP contribution in [0.4, 0.5) is 8.78 Å². The van der Waals surface area contributed by atoms with Crippen LogP contribution in [0.3, 0.4) is 0 Å². The normalized spacial score (nSPS) is 34.3. The molecule has 0 radical (unpaired) electrons. The number of hydrogen-bond donors (Lipinski definition) is 1. The van der Waals surface area contributed by atoms with E-state index < -0.39 is 5.79 Å². The first kappa shape index (κ1) is 9.80. The molecule has 2 nitrogen and oxygen atoms in total. The van der Waals surface area contributed by atoms with Crippen molar-refractivity contribution >= 4 is 0 Å². The van der Waals surface area contributed by atoms with Gasteiger partial charge in [-0.15, -0.1) is 0 Å². The number of halogens is 2. The molecule has 2 aliphatic rings. The van der Waals surface area contributed by atoms with Crippen molar-refractivity contribution in [2.24, 2.45) is 0 Å². The predicted molar refractivity (Wildman–Crippen MR) is 51.2 cm³/mol. The van der Waals surface area contributed by atoms with E-state index >= 15 is 0 Å². The van der Waals surface area contributed by atoms with Gasteiger partial charge in [0.05, 0.1) is 0 Å². The molecule has 1 fully saturated rings. The molecule has 1 aliphatic heterocycles. The molecule has 1 N–H and O–H groups in total. The summed E-state index contributed by atoms with van der Waals surface area (Å²) in [4.78, 5) is 1.75. The Morgan fingerprint density at radius 1 is 1.36 bits per heavy atom. The van der Waals surface area contributed by atoms with Crippen molar-refractivity contribution in [3.05, 3.63) is 24.1 Å². The van der Waals surface area contributed by atoms with Crippen LogP contribution in [-0.2, 0) is 0 Å². The number of allylic oxidation sites excluding steroid dienone is 2. The zero-order valence-corrected chi connectivity index (χ0v) is 7.97. The van der Waals surface area contributed by atoms with Crippen LogP contribution in [0.2, 0.25) is 0 Å². The molecule has 0 saturated carbocycles. The van der Waals surface area contributed by atoms with E-state index in [9.17, 15) is 8.78 Å². The number of piperazine rings is 1. The van der Waals surface area contributed by atoms with Gasteiger partial charge in [0, 0.05) is 32.6 Å². The Kier molecular flexibility index (Phi) is 2.65. The van der Waals surface area contributed by atoms with Gasteiger partial charge in [-0.1, -0.05) is 0 Å². The van der Waals surface area contributed by atoms with E-state index in [-0.39, 0.29) is 12.2 Å². The summed E-state index contributed by atoms with van der Waals surface area (Å²) in [5, 5.41) is 3.16. The minimum Gasteiger partial charge on any atom is -0.314 e. The summed E-state index contributed by atoms with van der Waals surface area (Å²) >= 11 is 0. The second-order valence-electron chi connectivity index (χ2n) is 3.68. The van der Waals surface area contributed by atoms with Crippen molar-refractivity contribution in [3.63, 3.8) is 0 Å². The van der Waals surface area contributed by atoms with Gasteiger partial charge in [-0.25, -0.2) is 8.78 Å². The average Bonchev–Trinajstić information content (AvgIpc) is 2.24. The first-order valence-corrected chi connectivity index (χ1v) is 4.90. The van der Waals surface area contributed by atoms with E-state index in [2.05, 4.69) is 5.32 Å². The van der Waals surface area contributed by atoms with Gasteiger partial charge in [0.2, 0.25) is 0 Å². The fraction of sp³-hybridized carbons (Fsp3) is 0.600. The maximum absolute atomic E-state index is 14.2. The SMILES string of the molecule is FC1=CCC(F)(N2CCNCC2)C=C1. The zero-order valence-electron chi connectivity index (χ0n) is 7.97. The van der Waals surface area contributed by atoms with E-state index in [1.54, 1.807) is 4.90 Å². The lowest BCUT2D eigenvalue weighted by Crippen LogP contribution is -2.53. The third-order valence-electron chi connectivity index (χ3n) is 2.72. The fourth-order valence-corrected chi connectivity index (χ4v) is 1.86. The molecule has 0 spiro atoms. The summed E-state index contributed by atoms with van der Waals surface area (Å²) in [6.45, 7) is 2.95. The van der Waals surface area contributed by atoms with Crippen molar-refractivity contribution in [1.29, 1.82) is 0 Å². The summed E-state index contributed by atoms with van der Waals surface area (Å²) in [5.41, 5.74) is 0. The Morgan fingerprint density at radius 2 is 2.07 bits per heavy atom. The highest BCUT2D eigenvalue weighted by Gasteiger charge is 2.35. The third kappa shape index (κ3) is 1.86. The van der Waals surface area contributed by atoms with Gasteiger partial charge in [0.25, 0.3) is 0 Å². The van der Waals surface area contributed by atoms with E-state index in [4.69, 9.17) is 0 Å². The van der Waals surface area contributed by atoms with Crippen LogP contribution in [0.15, 0.2) is 24.1 Å². The monoisotopic (exact) mass is 200 g/mol. The van der Waals surface area contributed by atoms with E-state index in [1.807, 2.05) is 0 Å². The molecule has 1 atom stereocenters. The Bertz CT molecular complexity index is 269. The van der Waals surface area contributed by atoms with Gasteiger partial charge in [0.15, 0.2) is 5.79 Å². The second kappa shape index (κ2) is 3.79. The van der Waals surface area contributed by atoms with Crippen LogP contribution in [-0.4, -0.2) is 36.9 Å². The van der Waals surface area contributed by atoms with Crippen molar-refractivity contribution in [2.45, 2.75) is 12.2 Å². The largest absolute Gasteiger partial charge is 0.314 e.